The summed E-state index contributed by atoms with van der Waals surface area (Å²) >= 11 is 6.01. The molecular formula is C16H11ClN2O. The van der Waals surface area contributed by atoms with Gasteiger partial charge in [-0.05, 0) is 30.3 Å². The second-order valence-corrected chi connectivity index (χ2v) is 4.85. The highest BCUT2D eigenvalue weighted by atomic mass is 35.5. The Kier molecular flexibility index (Phi) is 3.09. The Labute approximate surface area is 121 Å². The summed E-state index contributed by atoms with van der Waals surface area (Å²) in [4.78, 5) is 3.27. The van der Waals surface area contributed by atoms with Crippen molar-refractivity contribution in [3.05, 3.63) is 53.1 Å². The number of hydrogen-bond donors (Lipinski definition) is 1. The molecule has 0 saturated heterocycles. The second-order valence-electron chi connectivity index (χ2n) is 4.41. The van der Waals surface area contributed by atoms with Crippen LogP contribution >= 0.6 is 11.6 Å². The van der Waals surface area contributed by atoms with Gasteiger partial charge in [0.2, 0.25) is 0 Å². The van der Waals surface area contributed by atoms with Crippen molar-refractivity contribution in [3.63, 3.8) is 0 Å². The maximum absolute atomic E-state index is 9.44. The Morgan fingerprint density at radius 3 is 2.80 bits per heavy atom. The van der Waals surface area contributed by atoms with Gasteiger partial charge >= 0.3 is 0 Å². The normalized spacial score (nSPS) is 10.4. The number of nitriles is 1. The third kappa shape index (κ3) is 2.01. The monoisotopic (exact) mass is 282 g/mol. The van der Waals surface area contributed by atoms with Gasteiger partial charge in [0.15, 0.2) is 0 Å². The molecule has 0 unspecified atom stereocenters. The SMILES string of the molecule is COc1cccc(-c2[nH]c3ccc(Cl)cc3c2C#N)c1. The highest BCUT2D eigenvalue weighted by Gasteiger charge is 2.13. The third-order valence-electron chi connectivity index (χ3n) is 3.23. The molecule has 0 fully saturated rings. The Morgan fingerprint density at radius 2 is 2.05 bits per heavy atom. The van der Waals surface area contributed by atoms with E-state index < -0.39 is 0 Å². The minimum Gasteiger partial charge on any atom is -0.497 e. The van der Waals surface area contributed by atoms with E-state index in [0.717, 1.165) is 27.9 Å². The van der Waals surface area contributed by atoms with Crippen LogP contribution in [0.1, 0.15) is 5.56 Å². The van der Waals surface area contributed by atoms with Gasteiger partial charge < -0.3 is 9.72 Å². The average molecular weight is 283 g/mol. The molecule has 0 aliphatic carbocycles. The summed E-state index contributed by atoms with van der Waals surface area (Å²) in [6.45, 7) is 0. The van der Waals surface area contributed by atoms with Gasteiger partial charge in [-0.15, -0.1) is 0 Å². The molecule has 0 amide bonds. The van der Waals surface area contributed by atoms with Crippen molar-refractivity contribution in [1.29, 1.82) is 5.26 Å². The number of fused-ring (bicyclic) bond motifs is 1. The summed E-state index contributed by atoms with van der Waals surface area (Å²) in [6.07, 6.45) is 0. The molecule has 4 heteroatoms. The van der Waals surface area contributed by atoms with E-state index >= 15 is 0 Å². The van der Waals surface area contributed by atoms with Crippen LogP contribution in [0.2, 0.25) is 5.02 Å². The predicted molar refractivity (Wildman–Crippen MR) is 80.0 cm³/mol. The van der Waals surface area contributed by atoms with Crippen molar-refractivity contribution in [3.8, 4) is 23.1 Å². The van der Waals surface area contributed by atoms with Crippen LogP contribution in [0.15, 0.2) is 42.5 Å². The number of methoxy groups -OCH3 is 1. The molecule has 0 saturated carbocycles. The number of rotatable bonds is 2. The number of H-pyrrole nitrogens is 1. The number of halogens is 1. The summed E-state index contributed by atoms with van der Waals surface area (Å²) in [5, 5.41) is 10.9. The maximum Gasteiger partial charge on any atom is 0.119 e. The quantitative estimate of drug-likeness (QED) is 0.759. The van der Waals surface area contributed by atoms with Gasteiger partial charge in [-0.3, -0.25) is 0 Å². The zero-order valence-corrected chi connectivity index (χ0v) is 11.5. The van der Waals surface area contributed by atoms with Crippen LogP contribution in [0.5, 0.6) is 5.75 Å². The predicted octanol–water partition coefficient (Wildman–Crippen LogP) is 4.37. The molecule has 0 aliphatic rings. The van der Waals surface area contributed by atoms with E-state index in [0.29, 0.717) is 10.6 Å². The first-order chi connectivity index (χ1) is 9.72. The van der Waals surface area contributed by atoms with Gasteiger partial charge in [0.25, 0.3) is 0 Å². The zero-order chi connectivity index (χ0) is 14.1. The first kappa shape index (κ1) is 12.6. The van der Waals surface area contributed by atoms with Crippen LogP contribution in [0.4, 0.5) is 0 Å². The lowest BCUT2D eigenvalue weighted by atomic mass is 10.1. The van der Waals surface area contributed by atoms with Gasteiger partial charge in [0.1, 0.15) is 11.8 Å². The number of nitrogens with zero attached hydrogens (tertiary/aromatic N) is 1. The molecule has 0 radical (unpaired) electrons. The fourth-order valence-corrected chi connectivity index (χ4v) is 2.45. The Morgan fingerprint density at radius 1 is 1.20 bits per heavy atom. The number of hydrogen-bond acceptors (Lipinski definition) is 2. The van der Waals surface area contributed by atoms with Gasteiger partial charge in [0.05, 0.1) is 18.4 Å². The first-order valence-electron chi connectivity index (χ1n) is 6.08. The van der Waals surface area contributed by atoms with Crippen LogP contribution in [0.25, 0.3) is 22.2 Å². The maximum atomic E-state index is 9.44. The molecule has 0 atom stereocenters. The summed E-state index contributed by atoms with van der Waals surface area (Å²) < 4.78 is 5.23. The van der Waals surface area contributed by atoms with Gasteiger partial charge in [-0.1, -0.05) is 23.7 Å². The standard InChI is InChI=1S/C16H11ClN2O/c1-20-12-4-2-3-10(7-12)16-14(9-18)13-8-11(17)5-6-15(13)19-16/h2-8,19H,1H3. The van der Waals surface area contributed by atoms with E-state index in [1.54, 1.807) is 19.2 Å². The molecule has 3 rings (SSSR count). The zero-order valence-electron chi connectivity index (χ0n) is 10.8. The Hall–Kier alpha value is -2.44. The second kappa shape index (κ2) is 4.92. The molecule has 2 aromatic carbocycles. The Balaban J connectivity index is 2.28. The van der Waals surface area contributed by atoms with Gasteiger partial charge in [0, 0.05) is 21.5 Å². The summed E-state index contributed by atoms with van der Waals surface area (Å²) in [6, 6.07) is 15.3. The van der Waals surface area contributed by atoms with E-state index in [-0.39, 0.29) is 0 Å². The highest BCUT2D eigenvalue weighted by molar-refractivity contribution is 6.31. The number of ether oxygens (including phenoxy) is 1. The third-order valence-corrected chi connectivity index (χ3v) is 3.47. The van der Waals surface area contributed by atoms with Gasteiger partial charge in [-0.2, -0.15) is 5.26 Å². The molecule has 20 heavy (non-hydrogen) atoms. The van der Waals surface area contributed by atoms with Crippen LogP contribution in [-0.4, -0.2) is 12.1 Å². The fourth-order valence-electron chi connectivity index (χ4n) is 2.28. The van der Waals surface area contributed by atoms with Gasteiger partial charge in [-0.25, -0.2) is 0 Å². The lowest BCUT2D eigenvalue weighted by Gasteiger charge is -2.03. The summed E-state index contributed by atoms with van der Waals surface area (Å²) in [5.41, 5.74) is 3.18. The summed E-state index contributed by atoms with van der Waals surface area (Å²) in [5.74, 6) is 0.753. The smallest absolute Gasteiger partial charge is 0.119 e. The van der Waals surface area contributed by atoms with Crippen LogP contribution in [0.3, 0.4) is 0 Å². The molecule has 1 heterocycles. The van der Waals surface area contributed by atoms with Crippen molar-refractivity contribution in [1.82, 2.24) is 4.98 Å². The molecule has 0 bridgehead atoms. The van der Waals surface area contributed by atoms with E-state index in [1.165, 1.54) is 0 Å². The van der Waals surface area contributed by atoms with E-state index in [2.05, 4.69) is 11.1 Å². The van der Waals surface area contributed by atoms with Crippen molar-refractivity contribution >= 4 is 22.5 Å². The number of nitrogens with one attached hydrogen (secondary N) is 1. The fraction of sp³-hybridized carbons (Fsp3) is 0.0625. The van der Waals surface area contributed by atoms with E-state index in [4.69, 9.17) is 16.3 Å². The van der Waals surface area contributed by atoms with E-state index in [9.17, 15) is 5.26 Å². The number of aromatic nitrogens is 1. The molecule has 3 aromatic rings. The van der Waals surface area contributed by atoms with Crippen molar-refractivity contribution in [2.45, 2.75) is 0 Å². The van der Waals surface area contributed by atoms with Crippen molar-refractivity contribution < 1.29 is 4.74 Å². The number of benzene rings is 2. The highest BCUT2D eigenvalue weighted by Crippen LogP contribution is 2.32. The molecule has 1 aromatic heterocycles. The molecule has 3 nitrogen and oxygen atoms in total. The number of aromatic amines is 1. The molecule has 98 valence electrons. The minimum atomic E-state index is 0.593. The Bertz CT molecular complexity index is 830. The first-order valence-corrected chi connectivity index (χ1v) is 6.46. The average Bonchev–Trinajstić information content (AvgIpc) is 2.85. The molecule has 0 aliphatic heterocycles. The van der Waals surface area contributed by atoms with Crippen LogP contribution < -0.4 is 4.74 Å². The molecule has 1 N–H and O–H groups in total. The van der Waals surface area contributed by atoms with E-state index in [1.807, 2.05) is 30.3 Å². The molecule has 0 spiro atoms. The van der Waals surface area contributed by atoms with Crippen molar-refractivity contribution in [2.75, 3.05) is 7.11 Å². The lowest BCUT2D eigenvalue weighted by Crippen LogP contribution is -1.85. The topological polar surface area (TPSA) is 48.8 Å². The minimum absolute atomic E-state index is 0.593. The lowest BCUT2D eigenvalue weighted by molar-refractivity contribution is 0.415. The largest absolute Gasteiger partial charge is 0.497 e. The van der Waals surface area contributed by atoms with Crippen LogP contribution in [-0.2, 0) is 0 Å². The van der Waals surface area contributed by atoms with Crippen molar-refractivity contribution in [2.24, 2.45) is 0 Å². The molecular weight excluding hydrogens is 272 g/mol. The summed E-state index contributed by atoms with van der Waals surface area (Å²) in [7, 11) is 1.62. The van der Waals surface area contributed by atoms with Crippen LogP contribution in [0, 0.1) is 11.3 Å².